The predicted molar refractivity (Wildman–Crippen MR) is 129 cm³/mol. The molecule has 34 heavy (non-hydrogen) atoms. The summed E-state index contributed by atoms with van der Waals surface area (Å²) in [6.45, 7) is 12.1. The second-order valence-electron chi connectivity index (χ2n) is 7.72. The molecule has 0 saturated carbocycles. The highest BCUT2D eigenvalue weighted by atomic mass is 16.6. The van der Waals surface area contributed by atoms with Crippen molar-refractivity contribution in [3.63, 3.8) is 0 Å². The number of carbonyl (C=O) groups is 2. The number of carbonyl (C=O) groups excluding carboxylic acids is 2. The van der Waals surface area contributed by atoms with Gasteiger partial charge in [0.2, 0.25) is 0 Å². The Balaban J connectivity index is 3.15. The zero-order chi connectivity index (χ0) is 25.1. The average Bonchev–Trinajstić information content (AvgIpc) is 2.82. The Morgan fingerprint density at radius 1 is 0.559 bits per heavy atom. The van der Waals surface area contributed by atoms with Crippen molar-refractivity contribution in [3.05, 3.63) is 12.2 Å². The Morgan fingerprint density at radius 3 is 1.38 bits per heavy atom. The van der Waals surface area contributed by atoms with Crippen molar-refractivity contribution in [2.75, 3.05) is 79.3 Å². The molecule has 0 aromatic heterocycles. The third-order valence-electron chi connectivity index (χ3n) is 4.52. The number of hydrogen-bond acceptors (Lipinski definition) is 9. The minimum absolute atomic E-state index is 0.148. The second kappa shape index (κ2) is 26.1. The van der Waals surface area contributed by atoms with Gasteiger partial charge in [-0.05, 0) is 13.3 Å². The Kier molecular flexibility index (Phi) is 24.9. The van der Waals surface area contributed by atoms with Crippen LogP contribution in [0.5, 0.6) is 0 Å². The average molecular weight is 491 g/mol. The molecule has 0 amide bonds. The van der Waals surface area contributed by atoms with Gasteiger partial charge in [0.15, 0.2) is 0 Å². The van der Waals surface area contributed by atoms with Crippen LogP contribution in [-0.4, -0.2) is 91.2 Å². The lowest BCUT2D eigenvalue weighted by molar-refractivity contribution is -0.145. The van der Waals surface area contributed by atoms with E-state index in [1.807, 2.05) is 0 Å². The van der Waals surface area contributed by atoms with Gasteiger partial charge in [-0.1, -0.05) is 45.6 Å². The van der Waals surface area contributed by atoms with Crippen LogP contribution < -0.4 is 0 Å². The first-order valence-corrected chi connectivity index (χ1v) is 12.4. The standard InChI is InChI=1S/C25H46O9/c1-4-5-6-7-8-9-10-24(26)33-21-19-31-17-15-29-13-11-28-12-14-30-16-18-32-20-22-34-25(27)23(2)3/h2,4-22H2,1,3H3. The van der Waals surface area contributed by atoms with Crippen LogP contribution in [0.3, 0.4) is 0 Å². The van der Waals surface area contributed by atoms with E-state index < -0.39 is 5.97 Å². The van der Waals surface area contributed by atoms with Crippen LogP contribution in [-0.2, 0) is 42.7 Å². The lowest BCUT2D eigenvalue weighted by Crippen LogP contribution is -2.15. The van der Waals surface area contributed by atoms with Crippen molar-refractivity contribution in [1.29, 1.82) is 0 Å². The lowest BCUT2D eigenvalue weighted by Gasteiger charge is -2.08. The second-order valence-corrected chi connectivity index (χ2v) is 7.72. The molecule has 0 aliphatic rings. The smallest absolute Gasteiger partial charge is 0.333 e. The maximum absolute atomic E-state index is 11.6. The van der Waals surface area contributed by atoms with Gasteiger partial charge in [-0.15, -0.1) is 0 Å². The van der Waals surface area contributed by atoms with E-state index >= 15 is 0 Å². The van der Waals surface area contributed by atoms with Gasteiger partial charge in [0.1, 0.15) is 13.2 Å². The Hall–Kier alpha value is -1.52. The van der Waals surface area contributed by atoms with Gasteiger partial charge >= 0.3 is 11.9 Å². The summed E-state index contributed by atoms with van der Waals surface area (Å²) in [5.41, 5.74) is 0.371. The van der Waals surface area contributed by atoms with Crippen molar-refractivity contribution in [2.24, 2.45) is 0 Å². The quantitative estimate of drug-likeness (QED) is 0.102. The Bertz CT molecular complexity index is 497. The lowest BCUT2D eigenvalue weighted by atomic mass is 10.1. The molecule has 0 heterocycles. The first kappa shape index (κ1) is 32.5. The molecule has 0 aliphatic carbocycles. The molecule has 200 valence electrons. The summed E-state index contributed by atoms with van der Waals surface area (Å²) in [5, 5.41) is 0. The molecule has 0 radical (unpaired) electrons. The fourth-order valence-corrected chi connectivity index (χ4v) is 2.63. The van der Waals surface area contributed by atoms with Crippen LogP contribution in [0, 0.1) is 0 Å². The highest BCUT2D eigenvalue weighted by Crippen LogP contribution is 2.07. The van der Waals surface area contributed by atoms with Gasteiger partial charge in [-0.2, -0.15) is 0 Å². The fraction of sp³-hybridized carbons (Fsp3) is 0.840. The summed E-state index contributed by atoms with van der Waals surface area (Å²) < 4.78 is 36.9. The SMILES string of the molecule is C=C(C)C(=O)OCCOCCOCCOCCOCCOCCOC(=O)CCCCCCCC. The van der Waals surface area contributed by atoms with Gasteiger partial charge in [0, 0.05) is 12.0 Å². The maximum Gasteiger partial charge on any atom is 0.333 e. The molecule has 0 aromatic rings. The molecule has 0 bridgehead atoms. The van der Waals surface area contributed by atoms with E-state index in [2.05, 4.69) is 13.5 Å². The van der Waals surface area contributed by atoms with E-state index in [0.717, 1.165) is 12.8 Å². The minimum atomic E-state index is -0.412. The predicted octanol–water partition coefficient (Wildman–Crippen LogP) is 3.48. The Morgan fingerprint density at radius 2 is 0.941 bits per heavy atom. The normalized spacial score (nSPS) is 10.9. The summed E-state index contributed by atoms with van der Waals surface area (Å²) in [7, 11) is 0. The van der Waals surface area contributed by atoms with Gasteiger partial charge in [0.05, 0.1) is 66.1 Å². The maximum atomic E-state index is 11.6. The van der Waals surface area contributed by atoms with Crippen molar-refractivity contribution in [3.8, 4) is 0 Å². The van der Waals surface area contributed by atoms with E-state index in [4.69, 9.17) is 33.2 Å². The van der Waals surface area contributed by atoms with Gasteiger partial charge in [-0.25, -0.2) is 4.79 Å². The molecule has 9 heteroatoms. The van der Waals surface area contributed by atoms with Crippen molar-refractivity contribution >= 4 is 11.9 Å². The van der Waals surface area contributed by atoms with E-state index in [1.54, 1.807) is 6.92 Å². The molecule has 0 N–H and O–H groups in total. The number of rotatable bonds is 26. The van der Waals surface area contributed by atoms with Crippen LogP contribution in [0.2, 0.25) is 0 Å². The molecule has 0 atom stereocenters. The summed E-state index contributed by atoms with van der Waals surface area (Å²) in [4.78, 5) is 22.7. The third-order valence-corrected chi connectivity index (χ3v) is 4.52. The van der Waals surface area contributed by atoms with Crippen LogP contribution >= 0.6 is 0 Å². The summed E-state index contributed by atoms with van der Waals surface area (Å²) in [5.74, 6) is -0.559. The largest absolute Gasteiger partial charge is 0.463 e. The highest BCUT2D eigenvalue weighted by Gasteiger charge is 2.03. The summed E-state index contributed by atoms with van der Waals surface area (Å²) >= 11 is 0. The molecule has 0 aliphatic heterocycles. The molecule has 0 fully saturated rings. The van der Waals surface area contributed by atoms with E-state index in [1.165, 1.54) is 25.7 Å². The molecule has 0 aromatic carbocycles. The van der Waals surface area contributed by atoms with Crippen molar-refractivity contribution in [2.45, 2.75) is 58.8 Å². The highest BCUT2D eigenvalue weighted by molar-refractivity contribution is 5.86. The number of hydrogen-bond donors (Lipinski definition) is 0. The molecule has 0 saturated heterocycles. The summed E-state index contributed by atoms with van der Waals surface area (Å²) in [6, 6.07) is 0. The zero-order valence-corrected chi connectivity index (χ0v) is 21.3. The fourth-order valence-electron chi connectivity index (χ4n) is 2.63. The number of unbranched alkanes of at least 4 members (excludes halogenated alkanes) is 5. The van der Waals surface area contributed by atoms with Crippen LogP contribution in [0.1, 0.15) is 58.8 Å². The molecular weight excluding hydrogens is 444 g/mol. The molecule has 0 unspecified atom stereocenters. The van der Waals surface area contributed by atoms with Gasteiger partial charge in [0.25, 0.3) is 0 Å². The van der Waals surface area contributed by atoms with Crippen molar-refractivity contribution < 1.29 is 42.7 Å². The van der Waals surface area contributed by atoms with Crippen LogP contribution in [0.25, 0.3) is 0 Å². The first-order chi connectivity index (χ1) is 16.6. The van der Waals surface area contributed by atoms with Gasteiger partial charge < -0.3 is 33.2 Å². The molecule has 0 rings (SSSR count). The van der Waals surface area contributed by atoms with Gasteiger partial charge in [-0.3, -0.25) is 4.79 Å². The monoisotopic (exact) mass is 490 g/mol. The van der Waals surface area contributed by atoms with E-state index in [0.29, 0.717) is 78.1 Å². The van der Waals surface area contributed by atoms with Crippen molar-refractivity contribution in [1.82, 2.24) is 0 Å². The first-order valence-electron chi connectivity index (χ1n) is 12.4. The van der Waals surface area contributed by atoms with Crippen LogP contribution in [0.15, 0.2) is 12.2 Å². The zero-order valence-electron chi connectivity index (χ0n) is 21.3. The number of esters is 2. The van der Waals surface area contributed by atoms with Crippen LogP contribution in [0.4, 0.5) is 0 Å². The summed E-state index contributed by atoms with van der Waals surface area (Å²) in [6.07, 6.45) is 7.42. The third kappa shape index (κ3) is 25.1. The molecule has 9 nitrogen and oxygen atoms in total. The Labute approximate surface area is 205 Å². The molecule has 0 spiro atoms. The van der Waals surface area contributed by atoms with E-state index in [9.17, 15) is 9.59 Å². The van der Waals surface area contributed by atoms with E-state index in [-0.39, 0.29) is 19.2 Å². The topological polar surface area (TPSA) is 98.8 Å². The minimum Gasteiger partial charge on any atom is -0.463 e. The molecular formula is C25H46O9. The number of ether oxygens (including phenoxy) is 7.